The van der Waals surface area contributed by atoms with Crippen LogP contribution in [0, 0.1) is 0 Å². The van der Waals surface area contributed by atoms with Gasteiger partial charge in [0.2, 0.25) is 0 Å². The van der Waals surface area contributed by atoms with Crippen LogP contribution in [0.5, 0.6) is 0 Å². The van der Waals surface area contributed by atoms with Crippen LogP contribution in [0.25, 0.3) is 0 Å². The van der Waals surface area contributed by atoms with Gasteiger partial charge in [-0.3, -0.25) is 0 Å². The number of aliphatic carboxylic acids is 2. The molecule has 2 unspecified atom stereocenters. The molecule has 2 atom stereocenters. The van der Waals surface area contributed by atoms with Crippen molar-refractivity contribution in [3.63, 3.8) is 0 Å². The minimum atomic E-state index is -2.27. The zero-order chi connectivity index (χ0) is 25.9. The molecule has 0 fully saturated rings. The summed E-state index contributed by atoms with van der Waals surface area (Å²) >= 11 is 0. The average molecular weight is 493 g/mol. The smallest absolute Gasteiger partial charge is 0.335 e. The topological polar surface area (TPSA) is 222 Å². The highest BCUT2D eigenvalue weighted by Crippen LogP contribution is 1.92. The van der Waals surface area contributed by atoms with Crippen molar-refractivity contribution in [2.24, 2.45) is 0 Å². The summed E-state index contributed by atoms with van der Waals surface area (Å²) < 4.78 is 25.2. The van der Waals surface area contributed by atoms with E-state index in [1.807, 2.05) is 13.8 Å². The molecule has 0 aromatic heterocycles. The molecule has 7 N–H and O–H groups in total. The molecule has 0 aliphatic heterocycles. The summed E-state index contributed by atoms with van der Waals surface area (Å²) in [7, 11) is 0. The van der Waals surface area contributed by atoms with E-state index in [2.05, 4.69) is 0 Å². The molecule has 0 aliphatic carbocycles. The van der Waals surface area contributed by atoms with Crippen molar-refractivity contribution >= 4 is 11.9 Å². The van der Waals surface area contributed by atoms with Crippen LogP contribution in [-0.2, 0) is 33.3 Å². The molecule has 0 aliphatic rings. The third kappa shape index (κ3) is 32.8. The average Bonchev–Trinajstić information content (AvgIpc) is 2.77. The molecular weight excluding hydrogens is 452 g/mol. The molecule has 0 amide bonds. The molecule has 0 radical (unpaired) electrons. The highest BCUT2D eigenvalue weighted by atomic mass is 16.5. The predicted molar refractivity (Wildman–Crippen MR) is 113 cm³/mol. The Kier molecular flexibility index (Phi) is 31.3. The fourth-order valence-electron chi connectivity index (χ4n) is 1.45. The van der Waals surface area contributed by atoms with Gasteiger partial charge in [-0.25, -0.2) is 9.59 Å². The van der Waals surface area contributed by atoms with Gasteiger partial charge in [0, 0.05) is 0 Å². The van der Waals surface area contributed by atoms with Crippen LogP contribution in [0.4, 0.5) is 0 Å². The van der Waals surface area contributed by atoms with Gasteiger partial charge in [-0.05, 0) is 13.8 Å². The summed E-state index contributed by atoms with van der Waals surface area (Å²) in [5, 5.41) is 57.4. The lowest BCUT2D eigenvalue weighted by Gasteiger charge is -2.07. The summed E-state index contributed by atoms with van der Waals surface area (Å²) in [6, 6.07) is 0. The summed E-state index contributed by atoms with van der Waals surface area (Å²) in [6.45, 7) is 8.46. The van der Waals surface area contributed by atoms with Gasteiger partial charge < -0.3 is 59.4 Å². The van der Waals surface area contributed by atoms with Crippen LogP contribution >= 0.6 is 0 Å². The summed E-state index contributed by atoms with van der Waals surface area (Å²) in [5.74, 6) is -3.54. The van der Waals surface area contributed by atoms with Crippen LogP contribution in [0.2, 0.25) is 0 Å². The standard InChI is InChI=1S/C9H20O4.C6H14O4.C4H6O6/c1-9(2)13-8-7-12-6-5-11-4-3-10;7-1-3-9-5-6-10-4-2-8;5-1(3(7)8)2(6)4(9)10/h9-10H,3-8H2,1-2H3;7-8H,1-6H2;1-2,5-6H,(H,7,8)(H,9,10). The number of hydrogen-bond donors (Lipinski definition) is 7. The zero-order valence-corrected chi connectivity index (χ0v) is 19.2. The first-order valence-electron chi connectivity index (χ1n) is 10.2. The molecule has 0 bridgehead atoms. The number of carbonyl (C=O) groups is 2. The van der Waals surface area contributed by atoms with Gasteiger partial charge in [-0.15, -0.1) is 0 Å². The summed E-state index contributed by atoms with van der Waals surface area (Å²) in [6.07, 6.45) is -4.27. The van der Waals surface area contributed by atoms with Gasteiger partial charge in [0.05, 0.1) is 85.4 Å². The Morgan fingerprint density at radius 1 is 0.576 bits per heavy atom. The first-order valence-corrected chi connectivity index (χ1v) is 10.2. The fourth-order valence-corrected chi connectivity index (χ4v) is 1.45. The van der Waals surface area contributed by atoms with Gasteiger partial charge in [0.1, 0.15) is 0 Å². The molecular formula is C19H40O14. The lowest BCUT2D eigenvalue weighted by Crippen LogP contribution is -2.39. The molecule has 0 aromatic rings. The largest absolute Gasteiger partial charge is 0.479 e. The normalized spacial score (nSPS) is 12.2. The van der Waals surface area contributed by atoms with E-state index < -0.39 is 24.1 Å². The van der Waals surface area contributed by atoms with Gasteiger partial charge in [0.25, 0.3) is 0 Å². The maximum Gasteiger partial charge on any atom is 0.335 e. The first kappa shape index (κ1) is 36.1. The SMILES string of the molecule is CC(C)OCCOCCOCCO.O=C(O)C(O)C(O)C(=O)O.OCCOCCOCCO. The molecule has 14 heteroatoms. The number of carboxylic acid groups (broad SMARTS) is 2. The van der Waals surface area contributed by atoms with E-state index in [0.717, 1.165) is 0 Å². The highest BCUT2D eigenvalue weighted by molar-refractivity contribution is 5.83. The third-order valence-electron chi connectivity index (χ3n) is 2.93. The van der Waals surface area contributed by atoms with Gasteiger partial charge in [0.15, 0.2) is 12.2 Å². The fraction of sp³-hybridized carbons (Fsp3) is 0.895. The number of aliphatic hydroxyl groups is 5. The number of carboxylic acids is 2. The Morgan fingerprint density at radius 3 is 1.09 bits per heavy atom. The molecule has 0 heterocycles. The molecule has 33 heavy (non-hydrogen) atoms. The Balaban J connectivity index is -0.000000415. The second-order valence-corrected chi connectivity index (χ2v) is 6.11. The Labute approximate surface area is 193 Å². The highest BCUT2D eigenvalue weighted by Gasteiger charge is 2.29. The zero-order valence-electron chi connectivity index (χ0n) is 19.2. The molecule has 0 aromatic carbocycles. The predicted octanol–water partition coefficient (Wildman–Crippen LogP) is -2.68. The lowest BCUT2D eigenvalue weighted by molar-refractivity contribution is -0.165. The van der Waals surface area contributed by atoms with E-state index in [0.29, 0.717) is 59.5 Å². The van der Waals surface area contributed by atoms with E-state index in [1.54, 1.807) is 0 Å². The van der Waals surface area contributed by atoms with Crippen molar-refractivity contribution in [3.05, 3.63) is 0 Å². The minimum Gasteiger partial charge on any atom is -0.479 e. The molecule has 200 valence electrons. The van der Waals surface area contributed by atoms with Gasteiger partial charge in [-0.2, -0.15) is 0 Å². The van der Waals surface area contributed by atoms with Crippen molar-refractivity contribution in [2.75, 3.05) is 79.3 Å². The summed E-state index contributed by atoms with van der Waals surface area (Å²) in [4.78, 5) is 19.5. The molecule has 0 spiro atoms. The number of aliphatic hydroxyl groups excluding tert-OH is 5. The Hall–Kier alpha value is -1.46. The van der Waals surface area contributed by atoms with Crippen LogP contribution in [-0.4, -0.2) is 145 Å². The van der Waals surface area contributed by atoms with Crippen LogP contribution < -0.4 is 0 Å². The quantitative estimate of drug-likeness (QED) is 0.0913. The third-order valence-corrected chi connectivity index (χ3v) is 2.93. The molecule has 0 rings (SSSR count). The van der Waals surface area contributed by atoms with E-state index >= 15 is 0 Å². The second-order valence-electron chi connectivity index (χ2n) is 6.11. The van der Waals surface area contributed by atoms with Crippen LogP contribution in [0.3, 0.4) is 0 Å². The maximum absolute atomic E-state index is 9.77. The van der Waals surface area contributed by atoms with Crippen molar-refractivity contribution < 1.29 is 69.0 Å². The van der Waals surface area contributed by atoms with Crippen molar-refractivity contribution in [2.45, 2.75) is 32.2 Å². The van der Waals surface area contributed by atoms with E-state index in [-0.39, 0.29) is 25.9 Å². The van der Waals surface area contributed by atoms with Gasteiger partial charge in [-0.1, -0.05) is 0 Å². The monoisotopic (exact) mass is 492 g/mol. The Morgan fingerprint density at radius 2 is 0.848 bits per heavy atom. The van der Waals surface area contributed by atoms with E-state index in [1.165, 1.54) is 0 Å². The molecule has 0 saturated carbocycles. The first-order chi connectivity index (χ1) is 15.6. The molecule has 14 nitrogen and oxygen atoms in total. The second kappa shape index (κ2) is 28.6. The summed E-state index contributed by atoms with van der Waals surface area (Å²) in [5.41, 5.74) is 0. The Bertz CT molecular complexity index is 395. The van der Waals surface area contributed by atoms with Crippen molar-refractivity contribution in [1.29, 1.82) is 0 Å². The van der Waals surface area contributed by atoms with Crippen LogP contribution in [0.15, 0.2) is 0 Å². The van der Waals surface area contributed by atoms with Crippen molar-refractivity contribution in [1.82, 2.24) is 0 Å². The van der Waals surface area contributed by atoms with Crippen molar-refractivity contribution in [3.8, 4) is 0 Å². The molecule has 0 saturated heterocycles. The minimum absolute atomic E-state index is 0.0417. The lowest BCUT2D eigenvalue weighted by atomic mass is 10.2. The maximum atomic E-state index is 9.77. The van der Waals surface area contributed by atoms with E-state index in [9.17, 15) is 9.59 Å². The number of ether oxygens (including phenoxy) is 5. The number of hydrogen-bond acceptors (Lipinski definition) is 12. The van der Waals surface area contributed by atoms with Crippen LogP contribution in [0.1, 0.15) is 13.8 Å². The van der Waals surface area contributed by atoms with E-state index in [4.69, 9.17) is 59.4 Å². The number of rotatable bonds is 19. The van der Waals surface area contributed by atoms with Gasteiger partial charge >= 0.3 is 11.9 Å².